The summed E-state index contributed by atoms with van der Waals surface area (Å²) >= 11 is 2.98. The first-order chi connectivity index (χ1) is 8.88. The van der Waals surface area contributed by atoms with Crippen molar-refractivity contribution in [3.63, 3.8) is 0 Å². The summed E-state index contributed by atoms with van der Waals surface area (Å²) in [4.78, 5) is 7.01. The molecule has 0 aliphatic carbocycles. The molecule has 2 rings (SSSR count). The molecule has 0 saturated carbocycles. The van der Waals surface area contributed by atoms with E-state index in [0.29, 0.717) is 0 Å². The number of nitrogens with two attached hydrogens (primary N) is 1. The maximum Gasteiger partial charge on any atom is 0.264 e. The number of hydrogen-bond donors (Lipinski definition) is 2. The number of benzene rings is 1. The summed E-state index contributed by atoms with van der Waals surface area (Å²) in [6.07, 6.45) is 2.14. The first-order valence-electron chi connectivity index (χ1n) is 4.94. The molecule has 1 heterocycles. The van der Waals surface area contributed by atoms with Crippen molar-refractivity contribution < 1.29 is 12.8 Å². The fourth-order valence-corrected chi connectivity index (χ4v) is 2.42. The van der Waals surface area contributed by atoms with Crippen molar-refractivity contribution in [2.75, 3.05) is 10.5 Å². The van der Waals surface area contributed by atoms with Crippen LogP contribution in [0.1, 0.15) is 0 Å². The predicted octanol–water partition coefficient (Wildman–Crippen LogP) is 1.76. The van der Waals surface area contributed by atoms with Gasteiger partial charge in [0.1, 0.15) is 10.7 Å². The van der Waals surface area contributed by atoms with Gasteiger partial charge in [-0.25, -0.2) is 22.8 Å². The summed E-state index contributed by atoms with van der Waals surface area (Å²) in [7, 11) is -3.87. The van der Waals surface area contributed by atoms with E-state index in [-0.39, 0.29) is 21.0 Å². The van der Waals surface area contributed by atoms with E-state index in [1.807, 2.05) is 0 Å². The molecule has 0 saturated heterocycles. The lowest BCUT2D eigenvalue weighted by Crippen LogP contribution is -2.14. The van der Waals surface area contributed by atoms with Crippen molar-refractivity contribution >= 4 is 37.6 Å². The highest BCUT2D eigenvalue weighted by atomic mass is 79.9. The predicted molar refractivity (Wildman–Crippen MR) is 71.4 cm³/mol. The Hall–Kier alpha value is -1.74. The fraction of sp³-hybridized carbons (Fsp3) is 0. The molecule has 9 heteroatoms. The van der Waals surface area contributed by atoms with Crippen LogP contribution in [0, 0.1) is 5.82 Å². The van der Waals surface area contributed by atoms with Gasteiger partial charge in [0.05, 0.1) is 22.6 Å². The minimum Gasteiger partial charge on any atom is -0.368 e. The number of sulfonamides is 1. The second-order valence-corrected chi connectivity index (χ2v) is 6.05. The summed E-state index contributed by atoms with van der Waals surface area (Å²) in [5.41, 5.74) is 5.36. The summed E-state index contributed by atoms with van der Waals surface area (Å²) < 4.78 is 39.6. The van der Waals surface area contributed by atoms with Gasteiger partial charge in [-0.1, -0.05) is 0 Å². The number of hydrogen-bond acceptors (Lipinski definition) is 5. The van der Waals surface area contributed by atoms with Crippen molar-refractivity contribution in [1.29, 1.82) is 0 Å². The number of aromatic nitrogens is 2. The van der Waals surface area contributed by atoms with Gasteiger partial charge < -0.3 is 5.73 Å². The van der Waals surface area contributed by atoms with Crippen molar-refractivity contribution in [1.82, 2.24) is 9.97 Å². The third-order valence-electron chi connectivity index (χ3n) is 2.13. The van der Waals surface area contributed by atoms with E-state index in [4.69, 9.17) is 5.73 Å². The normalized spacial score (nSPS) is 11.3. The number of nitrogens with zero attached hydrogens (tertiary/aromatic N) is 2. The summed E-state index contributed by atoms with van der Waals surface area (Å²) in [5, 5.41) is 0. The zero-order valence-corrected chi connectivity index (χ0v) is 11.7. The summed E-state index contributed by atoms with van der Waals surface area (Å²) in [5.74, 6) is -0.609. The molecule has 0 fully saturated rings. The molecule has 100 valence electrons. The van der Waals surface area contributed by atoms with Crippen molar-refractivity contribution in [3.8, 4) is 0 Å². The Morgan fingerprint density at radius 3 is 2.47 bits per heavy atom. The quantitative estimate of drug-likeness (QED) is 0.882. The van der Waals surface area contributed by atoms with Gasteiger partial charge in [0.25, 0.3) is 10.0 Å². The van der Waals surface area contributed by atoms with E-state index >= 15 is 0 Å². The highest BCUT2D eigenvalue weighted by Crippen LogP contribution is 2.21. The van der Waals surface area contributed by atoms with Crippen molar-refractivity contribution in [2.24, 2.45) is 0 Å². The SMILES string of the molecule is Nc1ncc(S(=O)(=O)Nc2ccc(Br)c(F)c2)cn1. The molecule has 0 atom stereocenters. The van der Waals surface area contributed by atoms with E-state index in [2.05, 4.69) is 30.6 Å². The van der Waals surface area contributed by atoms with Gasteiger partial charge in [-0.3, -0.25) is 4.72 Å². The Bertz CT molecular complexity index is 706. The minimum atomic E-state index is -3.87. The molecule has 0 radical (unpaired) electrons. The van der Waals surface area contributed by atoms with Crippen LogP contribution in [0.5, 0.6) is 0 Å². The summed E-state index contributed by atoms with van der Waals surface area (Å²) in [6, 6.07) is 3.87. The highest BCUT2D eigenvalue weighted by Gasteiger charge is 2.15. The van der Waals surface area contributed by atoms with Crippen LogP contribution in [0.2, 0.25) is 0 Å². The molecule has 0 unspecified atom stereocenters. The van der Waals surface area contributed by atoms with Crippen molar-refractivity contribution in [3.05, 3.63) is 40.9 Å². The van der Waals surface area contributed by atoms with Crippen LogP contribution in [-0.2, 0) is 10.0 Å². The maximum atomic E-state index is 13.3. The molecule has 1 aromatic heterocycles. The van der Waals surface area contributed by atoms with Gasteiger partial charge in [0.15, 0.2) is 0 Å². The van der Waals surface area contributed by atoms with Crippen LogP contribution in [0.4, 0.5) is 16.0 Å². The molecule has 2 aromatic rings. The van der Waals surface area contributed by atoms with E-state index in [1.165, 1.54) is 12.1 Å². The molecule has 3 N–H and O–H groups in total. The topological polar surface area (TPSA) is 98.0 Å². The van der Waals surface area contributed by atoms with Gasteiger partial charge >= 0.3 is 0 Å². The fourth-order valence-electron chi connectivity index (χ4n) is 1.24. The lowest BCUT2D eigenvalue weighted by molar-refractivity contribution is 0.600. The van der Waals surface area contributed by atoms with Crippen molar-refractivity contribution in [2.45, 2.75) is 4.90 Å². The minimum absolute atomic E-state index is 0.0337. The van der Waals surface area contributed by atoms with Gasteiger partial charge in [-0.2, -0.15) is 0 Å². The highest BCUT2D eigenvalue weighted by molar-refractivity contribution is 9.10. The molecule has 0 amide bonds. The molecule has 0 spiro atoms. The molecule has 6 nitrogen and oxygen atoms in total. The van der Waals surface area contributed by atoms with Gasteiger partial charge in [0, 0.05) is 0 Å². The van der Waals surface area contributed by atoms with Crippen LogP contribution >= 0.6 is 15.9 Å². The lowest BCUT2D eigenvalue weighted by atomic mass is 10.3. The first-order valence-corrected chi connectivity index (χ1v) is 7.21. The maximum absolute atomic E-state index is 13.3. The van der Waals surface area contributed by atoms with Gasteiger partial charge in [-0.05, 0) is 34.1 Å². The van der Waals surface area contributed by atoms with Crippen LogP contribution in [0.15, 0.2) is 40.0 Å². The second-order valence-electron chi connectivity index (χ2n) is 3.51. The Morgan fingerprint density at radius 1 is 1.26 bits per heavy atom. The molecule has 0 aliphatic rings. The molecule has 0 aliphatic heterocycles. The van der Waals surface area contributed by atoms with E-state index in [0.717, 1.165) is 18.5 Å². The third-order valence-corrected chi connectivity index (χ3v) is 4.11. The summed E-state index contributed by atoms with van der Waals surface area (Å²) in [6.45, 7) is 0. The molecular formula is C10H8BrFN4O2S. The Balaban J connectivity index is 2.30. The van der Waals surface area contributed by atoms with Gasteiger partial charge in [0.2, 0.25) is 5.95 Å². The standard InChI is InChI=1S/C10H8BrFN4O2S/c11-8-2-1-6(3-9(8)12)16-19(17,18)7-4-14-10(13)15-5-7/h1-5,16H,(H2,13,14,15). The lowest BCUT2D eigenvalue weighted by Gasteiger charge is -2.08. The zero-order chi connectivity index (χ0) is 14.0. The Kier molecular flexibility index (Phi) is 3.67. The Morgan fingerprint density at radius 2 is 1.89 bits per heavy atom. The Labute approximate surface area is 117 Å². The molecule has 0 bridgehead atoms. The van der Waals surface area contributed by atoms with Crippen LogP contribution in [0.25, 0.3) is 0 Å². The number of rotatable bonds is 3. The third kappa shape index (κ3) is 3.18. The monoisotopic (exact) mass is 346 g/mol. The number of nitrogen functional groups attached to an aromatic ring is 1. The number of nitrogens with one attached hydrogen (secondary N) is 1. The number of halogens is 2. The van der Waals surface area contributed by atoms with E-state index < -0.39 is 15.8 Å². The van der Waals surface area contributed by atoms with E-state index in [9.17, 15) is 12.8 Å². The van der Waals surface area contributed by atoms with Crippen LogP contribution < -0.4 is 10.5 Å². The zero-order valence-electron chi connectivity index (χ0n) is 9.34. The van der Waals surface area contributed by atoms with E-state index in [1.54, 1.807) is 0 Å². The smallest absolute Gasteiger partial charge is 0.264 e. The number of anilines is 2. The average Bonchev–Trinajstić information content (AvgIpc) is 2.34. The first kappa shape index (κ1) is 13.7. The molecule has 19 heavy (non-hydrogen) atoms. The largest absolute Gasteiger partial charge is 0.368 e. The van der Waals surface area contributed by atoms with Crippen LogP contribution in [-0.4, -0.2) is 18.4 Å². The second kappa shape index (κ2) is 5.10. The van der Waals surface area contributed by atoms with Crippen LogP contribution in [0.3, 0.4) is 0 Å². The average molecular weight is 347 g/mol. The van der Waals surface area contributed by atoms with Gasteiger partial charge in [-0.15, -0.1) is 0 Å². The molecule has 1 aromatic carbocycles. The molecular weight excluding hydrogens is 339 g/mol.